The second-order valence-corrected chi connectivity index (χ2v) is 9.10. The Morgan fingerprint density at radius 1 is 1.27 bits per heavy atom. The Hall–Kier alpha value is -2.11. The van der Waals surface area contributed by atoms with Gasteiger partial charge >= 0.3 is 5.97 Å². The van der Waals surface area contributed by atoms with E-state index in [9.17, 15) is 4.79 Å². The van der Waals surface area contributed by atoms with E-state index in [0.29, 0.717) is 10.2 Å². The predicted molar refractivity (Wildman–Crippen MR) is 122 cm³/mol. The normalized spacial score (nSPS) is 23.8. The van der Waals surface area contributed by atoms with Crippen molar-refractivity contribution in [1.82, 2.24) is 0 Å². The van der Waals surface area contributed by atoms with Crippen LogP contribution >= 0.6 is 15.9 Å². The Balaban J connectivity index is 1.96. The molecule has 0 bridgehead atoms. The van der Waals surface area contributed by atoms with Crippen molar-refractivity contribution in [3.8, 4) is 5.75 Å². The Labute approximate surface area is 187 Å². The van der Waals surface area contributed by atoms with Gasteiger partial charge in [0.25, 0.3) is 0 Å². The van der Waals surface area contributed by atoms with Crippen molar-refractivity contribution in [2.75, 3.05) is 6.61 Å². The van der Waals surface area contributed by atoms with Crippen LogP contribution < -0.4 is 4.74 Å². The van der Waals surface area contributed by atoms with Crippen LogP contribution in [0.2, 0.25) is 0 Å². The van der Waals surface area contributed by atoms with E-state index in [1.165, 1.54) is 16.7 Å². The molecule has 1 N–H and O–H groups in total. The highest BCUT2D eigenvalue weighted by atomic mass is 79.9. The van der Waals surface area contributed by atoms with E-state index in [-0.39, 0.29) is 24.0 Å². The number of para-hydroxylation sites is 1. The zero-order valence-electron chi connectivity index (χ0n) is 17.9. The van der Waals surface area contributed by atoms with E-state index >= 15 is 0 Å². The summed E-state index contributed by atoms with van der Waals surface area (Å²) >= 11 is 3.50. The molecule has 0 spiro atoms. The minimum atomic E-state index is -1.01. The van der Waals surface area contributed by atoms with Gasteiger partial charge in [-0.25, -0.2) is 4.79 Å². The fourth-order valence-corrected chi connectivity index (χ4v) is 4.69. The lowest BCUT2D eigenvalue weighted by Crippen LogP contribution is -2.34. The summed E-state index contributed by atoms with van der Waals surface area (Å²) in [5, 5.41) is 9.07. The second-order valence-electron chi connectivity index (χ2n) is 8.24. The summed E-state index contributed by atoms with van der Waals surface area (Å²) in [5.74, 6) is -0.138. The average molecular weight is 473 g/mol. The van der Waals surface area contributed by atoms with Crippen molar-refractivity contribution in [3.05, 3.63) is 75.3 Å². The highest BCUT2D eigenvalue weighted by Crippen LogP contribution is 2.49. The van der Waals surface area contributed by atoms with Crippen molar-refractivity contribution >= 4 is 21.9 Å². The van der Waals surface area contributed by atoms with Crippen LogP contribution in [0.5, 0.6) is 5.75 Å². The molecule has 4 nitrogen and oxygen atoms in total. The molecule has 2 aromatic carbocycles. The van der Waals surface area contributed by atoms with Crippen LogP contribution in [0.15, 0.2) is 53.0 Å². The molecule has 1 aliphatic rings. The third kappa shape index (κ3) is 4.79. The lowest BCUT2D eigenvalue weighted by molar-refractivity contribution is -0.139. The van der Waals surface area contributed by atoms with E-state index in [1.807, 2.05) is 25.1 Å². The van der Waals surface area contributed by atoms with Crippen LogP contribution in [0.3, 0.4) is 0 Å². The highest BCUT2D eigenvalue weighted by molar-refractivity contribution is 9.10. The maximum atomic E-state index is 11.1. The molecule has 0 unspecified atom stereocenters. The smallest absolute Gasteiger partial charge is 0.341 e. The zero-order valence-corrected chi connectivity index (χ0v) is 19.5. The van der Waals surface area contributed by atoms with Crippen LogP contribution in [-0.4, -0.2) is 23.8 Å². The molecule has 0 amide bonds. The lowest BCUT2D eigenvalue weighted by Gasteiger charge is -2.42. The SMILES string of the molecule is C=C(C)[C@H]1C[C@H](c2ccc(C)c(C)c2)[C@H](C)O[C@@H]1c1cccc(Br)c1OCC(=O)O. The Morgan fingerprint density at radius 2 is 2.00 bits per heavy atom. The number of halogens is 1. The molecule has 0 aromatic heterocycles. The number of carboxylic acids is 1. The predicted octanol–water partition coefficient (Wildman–Crippen LogP) is 6.36. The molecule has 30 heavy (non-hydrogen) atoms. The van der Waals surface area contributed by atoms with Crippen LogP contribution in [-0.2, 0) is 9.53 Å². The first-order valence-corrected chi connectivity index (χ1v) is 11.0. The van der Waals surface area contributed by atoms with Gasteiger partial charge in [0.1, 0.15) is 5.75 Å². The molecule has 1 fully saturated rings. The lowest BCUT2D eigenvalue weighted by atomic mass is 9.75. The summed E-state index contributed by atoms with van der Waals surface area (Å²) in [6, 6.07) is 12.4. The molecule has 160 valence electrons. The fraction of sp³-hybridized carbons (Fsp3) is 0.400. The number of aliphatic carboxylic acids is 1. The van der Waals surface area contributed by atoms with Crippen LogP contribution in [0.1, 0.15) is 54.5 Å². The summed E-state index contributed by atoms with van der Waals surface area (Å²) < 4.78 is 12.9. The van der Waals surface area contributed by atoms with E-state index < -0.39 is 12.6 Å². The van der Waals surface area contributed by atoms with Crippen molar-refractivity contribution in [2.45, 2.75) is 52.2 Å². The molecule has 5 heteroatoms. The largest absolute Gasteiger partial charge is 0.480 e. The van der Waals surface area contributed by atoms with Crippen molar-refractivity contribution in [2.24, 2.45) is 5.92 Å². The summed E-state index contributed by atoms with van der Waals surface area (Å²) in [5.41, 5.74) is 5.75. The first-order valence-electron chi connectivity index (χ1n) is 10.2. The number of carboxylic acid groups (broad SMARTS) is 1. The van der Waals surface area contributed by atoms with E-state index in [1.54, 1.807) is 0 Å². The molecule has 2 aromatic rings. The third-order valence-electron chi connectivity index (χ3n) is 6.04. The topological polar surface area (TPSA) is 55.8 Å². The van der Waals surface area contributed by atoms with Crippen LogP contribution in [0.4, 0.5) is 0 Å². The maximum absolute atomic E-state index is 11.1. The summed E-state index contributed by atoms with van der Waals surface area (Å²) in [6.45, 7) is 12.2. The van der Waals surface area contributed by atoms with Gasteiger partial charge in [0.15, 0.2) is 6.61 Å². The third-order valence-corrected chi connectivity index (χ3v) is 6.66. The fourth-order valence-electron chi connectivity index (χ4n) is 4.20. The highest BCUT2D eigenvalue weighted by Gasteiger charge is 2.39. The minimum absolute atomic E-state index is 0.000915. The number of rotatable bonds is 6. The van der Waals surface area contributed by atoms with Crippen molar-refractivity contribution in [1.29, 1.82) is 0 Å². The Bertz CT molecular complexity index is 952. The Kier molecular flexibility index (Phi) is 7.04. The summed E-state index contributed by atoms with van der Waals surface area (Å²) in [6.07, 6.45) is 0.662. The first kappa shape index (κ1) is 22.6. The van der Waals surface area contributed by atoms with Crippen LogP contribution in [0, 0.1) is 19.8 Å². The molecular formula is C25H29BrO4. The van der Waals surface area contributed by atoms with Gasteiger partial charge in [-0.15, -0.1) is 0 Å². The van der Waals surface area contributed by atoms with Gasteiger partial charge < -0.3 is 14.6 Å². The standard InChI is InChI=1S/C25H29BrO4/c1-14(2)20-12-21(18-10-9-15(3)16(4)11-18)17(5)30-24(20)19-7-6-8-22(26)25(19)29-13-23(27)28/h6-11,17,20-21,24H,1,12-13H2,2-5H3,(H,27,28)/t17-,20+,21-,24+/m0/s1. The van der Waals surface area contributed by atoms with Gasteiger partial charge in [0, 0.05) is 17.4 Å². The molecule has 3 rings (SSSR count). The van der Waals surface area contributed by atoms with Gasteiger partial charge in [-0.2, -0.15) is 0 Å². The molecule has 0 saturated carbocycles. The number of aryl methyl sites for hydroxylation is 2. The van der Waals surface area contributed by atoms with Gasteiger partial charge in [-0.05, 0) is 72.8 Å². The van der Waals surface area contributed by atoms with E-state index in [4.69, 9.17) is 14.6 Å². The van der Waals surface area contributed by atoms with Gasteiger partial charge in [-0.3, -0.25) is 0 Å². The van der Waals surface area contributed by atoms with Crippen molar-refractivity contribution < 1.29 is 19.4 Å². The zero-order chi connectivity index (χ0) is 22.0. The molecule has 1 saturated heterocycles. The first-order chi connectivity index (χ1) is 14.2. The molecule has 0 aliphatic carbocycles. The molecule has 0 radical (unpaired) electrons. The van der Waals surface area contributed by atoms with Gasteiger partial charge in [0.2, 0.25) is 0 Å². The monoisotopic (exact) mass is 472 g/mol. The number of hydrogen-bond donors (Lipinski definition) is 1. The molecule has 4 atom stereocenters. The van der Waals surface area contributed by atoms with Gasteiger partial charge in [-0.1, -0.05) is 42.5 Å². The minimum Gasteiger partial charge on any atom is -0.480 e. The van der Waals surface area contributed by atoms with Crippen molar-refractivity contribution in [3.63, 3.8) is 0 Å². The summed E-state index contributed by atoms with van der Waals surface area (Å²) in [7, 11) is 0. The number of benzene rings is 2. The summed E-state index contributed by atoms with van der Waals surface area (Å²) in [4.78, 5) is 11.1. The Morgan fingerprint density at radius 3 is 2.63 bits per heavy atom. The average Bonchev–Trinajstić information content (AvgIpc) is 2.68. The number of carbonyl (C=O) groups is 1. The number of ether oxygens (including phenoxy) is 2. The quantitative estimate of drug-likeness (QED) is 0.497. The molecule has 1 heterocycles. The van der Waals surface area contributed by atoms with Gasteiger partial charge in [0.05, 0.1) is 16.7 Å². The molecular weight excluding hydrogens is 444 g/mol. The number of hydrogen-bond acceptors (Lipinski definition) is 3. The van der Waals surface area contributed by atoms with Crippen LogP contribution in [0.25, 0.3) is 0 Å². The van der Waals surface area contributed by atoms with E-state index in [2.05, 4.69) is 61.5 Å². The second kappa shape index (κ2) is 9.36. The van der Waals surface area contributed by atoms with E-state index in [0.717, 1.165) is 17.6 Å². The molecule has 1 aliphatic heterocycles. The maximum Gasteiger partial charge on any atom is 0.341 e.